The highest BCUT2D eigenvalue weighted by Gasteiger charge is 2.04. The lowest BCUT2D eigenvalue weighted by molar-refractivity contribution is -0.120. The van der Waals surface area contributed by atoms with Gasteiger partial charge in [0.05, 0.1) is 0 Å². The van der Waals surface area contributed by atoms with E-state index in [9.17, 15) is 4.79 Å². The van der Waals surface area contributed by atoms with Gasteiger partial charge < -0.3 is 5.32 Å². The number of hydrogen-bond donors (Lipinski definition) is 2. The molecule has 1 aromatic heterocycles. The van der Waals surface area contributed by atoms with Crippen LogP contribution in [0.15, 0.2) is 15.9 Å². The van der Waals surface area contributed by atoms with Crippen molar-refractivity contribution in [2.75, 3.05) is 12.3 Å². The maximum atomic E-state index is 11.3. The lowest BCUT2D eigenvalue weighted by atomic mass is 10.2. The minimum atomic E-state index is 0.0966. The van der Waals surface area contributed by atoms with Gasteiger partial charge in [0.2, 0.25) is 5.91 Å². The summed E-state index contributed by atoms with van der Waals surface area (Å²) in [5.74, 6) is 0.786. The highest BCUT2D eigenvalue weighted by molar-refractivity contribution is 9.10. The average Bonchev–Trinajstić information content (AvgIpc) is 2.58. The molecular formula is C9H12BrNOS2. The van der Waals surface area contributed by atoms with E-state index in [0.717, 1.165) is 10.9 Å². The minimum Gasteiger partial charge on any atom is -0.355 e. The molecule has 1 aromatic rings. The second-order valence-corrected chi connectivity index (χ2v) is 5.07. The molecule has 1 amide bonds. The number of carbonyl (C=O) groups is 1. The number of amides is 1. The molecule has 0 unspecified atom stereocenters. The van der Waals surface area contributed by atoms with Gasteiger partial charge in [-0.1, -0.05) is 0 Å². The molecule has 0 aromatic carbocycles. The molecule has 0 fully saturated rings. The molecule has 1 heterocycles. The van der Waals surface area contributed by atoms with Crippen LogP contribution in [0.25, 0.3) is 0 Å². The lowest BCUT2D eigenvalue weighted by Gasteiger charge is -2.02. The fourth-order valence-corrected chi connectivity index (χ4v) is 2.68. The fourth-order valence-electron chi connectivity index (χ4n) is 1.01. The highest BCUT2D eigenvalue weighted by atomic mass is 79.9. The maximum absolute atomic E-state index is 11.3. The molecule has 0 aliphatic rings. The van der Waals surface area contributed by atoms with Gasteiger partial charge in [-0.15, -0.1) is 11.3 Å². The number of thiophene rings is 1. The number of rotatable bonds is 5. The normalized spacial score (nSPS) is 10.1. The summed E-state index contributed by atoms with van der Waals surface area (Å²) in [4.78, 5) is 12.5. The summed E-state index contributed by atoms with van der Waals surface area (Å²) in [5, 5.41) is 4.81. The van der Waals surface area contributed by atoms with Crippen LogP contribution in [0, 0.1) is 0 Å². The van der Waals surface area contributed by atoms with E-state index in [-0.39, 0.29) is 5.91 Å². The van der Waals surface area contributed by atoms with E-state index >= 15 is 0 Å². The minimum absolute atomic E-state index is 0.0966. The smallest absolute Gasteiger partial charge is 0.220 e. The Hall–Kier alpha value is -0.0000000000000000555. The number of nitrogens with one attached hydrogen (secondary N) is 1. The lowest BCUT2D eigenvalue weighted by Crippen LogP contribution is -2.25. The second-order valence-electron chi connectivity index (χ2n) is 2.77. The van der Waals surface area contributed by atoms with Crippen LogP contribution in [0.3, 0.4) is 0 Å². The fraction of sp³-hybridized carbons (Fsp3) is 0.444. The summed E-state index contributed by atoms with van der Waals surface area (Å²) < 4.78 is 1.10. The zero-order valence-corrected chi connectivity index (χ0v) is 10.9. The largest absolute Gasteiger partial charge is 0.355 e. The average molecular weight is 294 g/mol. The first-order valence-electron chi connectivity index (χ1n) is 4.33. The van der Waals surface area contributed by atoms with Crippen molar-refractivity contribution in [3.63, 3.8) is 0 Å². The van der Waals surface area contributed by atoms with E-state index in [2.05, 4.69) is 33.9 Å². The van der Waals surface area contributed by atoms with Gasteiger partial charge >= 0.3 is 0 Å². The quantitative estimate of drug-likeness (QED) is 0.803. The van der Waals surface area contributed by atoms with Crippen LogP contribution in [0.2, 0.25) is 0 Å². The van der Waals surface area contributed by atoms with Crippen molar-refractivity contribution < 1.29 is 4.79 Å². The van der Waals surface area contributed by atoms with E-state index in [1.54, 1.807) is 11.3 Å². The molecule has 0 aliphatic carbocycles. The van der Waals surface area contributed by atoms with Crippen LogP contribution in [0.5, 0.6) is 0 Å². The molecule has 78 valence electrons. The van der Waals surface area contributed by atoms with Crippen molar-refractivity contribution in [3.8, 4) is 0 Å². The summed E-state index contributed by atoms with van der Waals surface area (Å²) >= 11 is 9.13. The van der Waals surface area contributed by atoms with Gasteiger partial charge in [-0.05, 0) is 33.8 Å². The van der Waals surface area contributed by atoms with Gasteiger partial charge in [0.15, 0.2) is 0 Å². The summed E-state index contributed by atoms with van der Waals surface area (Å²) in [5.41, 5.74) is 0. The highest BCUT2D eigenvalue weighted by Crippen LogP contribution is 2.23. The molecule has 0 saturated carbocycles. The van der Waals surface area contributed by atoms with Crippen molar-refractivity contribution in [1.82, 2.24) is 5.32 Å². The molecule has 0 bridgehead atoms. The summed E-state index contributed by atoms with van der Waals surface area (Å²) in [6.45, 7) is 0.646. The third kappa shape index (κ3) is 4.02. The van der Waals surface area contributed by atoms with Gasteiger partial charge in [-0.2, -0.15) is 12.6 Å². The third-order valence-electron chi connectivity index (χ3n) is 1.70. The van der Waals surface area contributed by atoms with Crippen molar-refractivity contribution in [2.24, 2.45) is 0 Å². The van der Waals surface area contributed by atoms with E-state index in [4.69, 9.17) is 0 Å². The van der Waals surface area contributed by atoms with Crippen LogP contribution in [-0.2, 0) is 11.2 Å². The Morgan fingerprint density at radius 3 is 3.00 bits per heavy atom. The van der Waals surface area contributed by atoms with E-state index in [1.165, 1.54) is 4.88 Å². The summed E-state index contributed by atoms with van der Waals surface area (Å²) in [6, 6.07) is 2.01. The zero-order valence-electron chi connectivity index (χ0n) is 7.62. The number of halogens is 1. The monoisotopic (exact) mass is 293 g/mol. The topological polar surface area (TPSA) is 29.1 Å². The van der Waals surface area contributed by atoms with Crippen molar-refractivity contribution in [2.45, 2.75) is 12.8 Å². The zero-order chi connectivity index (χ0) is 10.4. The van der Waals surface area contributed by atoms with Gasteiger partial charge in [0, 0.05) is 28.1 Å². The van der Waals surface area contributed by atoms with Gasteiger partial charge in [0.1, 0.15) is 0 Å². The molecule has 2 nitrogen and oxygen atoms in total. The predicted molar refractivity (Wildman–Crippen MR) is 67.2 cm³/mol. The first kappa shape index (κ1) is 12.1. The van der Waals surface area contributed by atoms with Crippen LogP contribution in [0.4, 0.5) is 0 Å². The Labute approximate surface area is 102 Å². The second kappa shape index (κ2) is 6.48. The molecule has 1 N–H and O–H groups in total. The van der Waals surface area contributed by atoms with Crippen molar-refractivity contribution >= 4 is 45.8 Å². The Morgan fingerprint density at radius 2 is 2.43 bits per heavy atom. The van der Waals surface area contributed by atoms with E-state index in [1.807, 2.05) is 11.4 Å². The van der Waals surface area contributed by atoms with Crippen molar-refractivity contribution in [1.29, 1.82) is 0 Å². The molecule has 0 spiro atoms. The molecule has 0 aliphatic heterocycles. The molecule has 14 heavy (non-hydrogen) atoms. The standard InChI is InChI=1S/C9H12BrNOS2/c10-7-3-6-14-8(7)1-2-9(12)11-4-5-13/h3,6,13H,1-2,4-5H2,(H,11,12). The van der Waals surface area contributed by atoms with Crippen LogP contribution in [0.1, 0.15) is 11.3 Å². The van der Waals surface area contributed by atoms with E-state index < -0.39 is 0 Å². The molecule has 0 radical (unpaired) electrons. The molecule has 0 atom stereocenters. The molecule has 1 rings (SSSR count). The van der Waals surface area contributed by atoms with Crippen LogP contribution < -0.4 is 5.32 Å². The SMILES string of the molecule is O=C(CCc1sccc1Br)NCCS. The Kier molecular flexibility index (Phi) is 5.59. The van der Waals surface area contributed by atoms with Gasteiger partial charge in [0.25, 0.3) is 0 Å². The summed E-state index contributed by atoms with van der Waals surface area (Å²) in [7, 11) is 0. The predicted octanol–water partition coefficient (Wildman–Crippen LogP) is 2.49. The maximum Gasteiger partial charge on any atom is 0.220 e. The molecule has 5 heteroatoms. The molecular weight excluding hydrogens is 282 g/mol. The van der Waals surface area contributed by atoms with Gasteiger partial charge in [-0.25, -0.2) is 0 Å². The number of thiol groups is 1. The van der Waals surface area contributed by atoms with Crippen LogP contribution in [-0.4, -0.2) is 18.2 Å². The Balaban J connectivity index is 2.27. The van der Waals surface area contributed by atoms with E-state index in [0.29, 0.717) is 18.7 Å². The number of hydrogen-bond acceptors (Lipinski definition) is 3. The summed E-state index contributed by atoms with van der Waals surface area (Å²) in [6.07, 6.45) is 1.35. The van der Waals surface area contributed by atoms with Gasteiger partial charge in [-0.3, -0.25) is 4.79 Å². The number of carbonyl (C=O) groups excluding carboxylic acids is 1. The first-order chi connectivity index (χ1) is 6.74. The number of aryl methyl sites for hydroxylation is 1. The van der Waals surface area contributed by atoms with Crippen LogP contribution >= 0.6 is 39.9 Å². The Bertz CT molecular complexity index is 301. The first-order valence-corrected chi connectivity index (χ1v) is 6.64. The molecule has 0 saturated heterocycles. The Morgan fingerprint density at radius 1 is 1.64 bits per heavy atom. The van der Waals surface area contributed by atoms with Crippen molar-refractivity contribution in [3.05, 3.63) is 20.8 Å². The third-order valence-corrected chi connectivity index (χ3v) is 3.91.